The van der Waals surface area contributed by atoms with Crippen LogP contribution in [0.3, 0.4) is 0 Å². The Bertz CT molecular complexity index is 565. The maximum atomic E-state index is 6.24. The SMILES string of the molecule is Cc1nccc(C(N)CC2Cc3ccccc32)n1. The van der Waals surface area contributed by atoms with E-state index in [1.165, 1.54) is 11.1 Å². The third-order valence-corrected chi connectivity index (χ3v) is 3.68. The van der Waals surface area contributed by atoms with Gasteiger partial charge in [0.15, 0.2) is 0 Å². The van der Waals surface area contributed by atoms with Gasteiger partial charge in [0.05, 0.1) is 5.69 Å². The summed E-state index contributed by atoms with van der Waals surface area (Å²) < 4.78 is 0. The Morgan fingerprint density at radius 3 is 2.94 bits per heavy atom. The first-order valence-electron chi connectivity index (χ1n) is 6.37. The number of nitrogens with zero attached hydrogens (tertiary/aromatic N) is 2. The van der Waals surface area contributed by atoms with Gasteiger partial charge in [0, 0.05) is 12.2 Å². The summed E-state index contributed by atoms with van der Waals surface area (Å²) in [5.41, 5.74) is 10.1. The van der Waals surface area contributed by atoms with E-state index < -0.39 is 0 Å². The van der Waals surface area contributed by atoms with Crippen molar-refractivity contribution in [1.82, 2.24) is 9.97 Å². The van der Waals surface area contributed by atoms with Crippen LogP contribution in [0.15, 0.2) is 36.5 Å². The number of rotatable bonds is 3. The van der Waals surface area contributed by atoms with Crippen molar-refractivity contribution >= 4 is 0 Å². The zero-order valence-corrected chi connectivity index (χ0v) is 10.5. The summed E-state index contributed by atoms with van der Waals surface area (Å²) in [4.78, 5) is 8.51. The molecule has 2 atom stereocenters. The van der Waals surface area contributed by atoms with Crippen LogP contribution >= 0.6 is 0 Å². The van der Waals surface area contributed by atoms with Gasteiger partial charge in [-0.25, -0.2) is 9.97 Å². The molecule has 0 fully saturated rings. The molecule has 3 rings (SSSR count). The number of nitrogens with two attached hydrogens (primary N) is 1. The molecular formula is C15H17N3. The van der Waals surface area contributed by atoms with Crippen LogP contribution in [0.5, 0.6) is 0 Å². The predicted octanol–water partition coefficient (Wildman–Crippen LogP) is 2.51. The van der Waals surface area contributed by atoms with Crippen molar-refractivity contribution in [2.75, 3.05) is 0 Å². The van der Waals surface area contributed by atoms with E-state index in [0.29, 0.717) is 5.92 Å². The van der Waals surface area contributed by atoms with E-state index in [0.717, 1.165) is 24.4 Å². The van der Waals surface area contributed by atoms with Gasteiger partial charge in [0.1, 0.15) is 5.82 Å². The number of benzene rings is 1. The highest BCUT2D eigenvalue weighted by Crippen LogP contribution is 2.39. The quantitative estimate of drug-likeness (QED) is 0.895. The molecule has 0 saturated heterocycles. The minimum Gasteiger partial charge on any atom is -0.323 e. The fourth-order valence-electron chi connectivity index (χ4n) is 2.68. The molecule has 0 saturated carbocycles. The minimum atomic E-state index is 0.00468. The highest BCUT2D eigenvalue weighted by atomic mass is 14.9. The molecular weight excluding hydrogens is 222 g/mol. The van der Waals surface area contributed by atoms with Crippen LogP contribution < -0.4 is 5.73 Å². The maximum Gasteiger partial charge on any atom is 0.125 e. The van der Waals surface area contributed by atoms with Gasteiger partial charge >= 0.3 is 0 Å². The summed E-state index contributed by atoms with van der Waals surface area (Å²) in [5.74, 6) is 1.38. The van der Waals surface area contributed by atoms with Crippen molar-refractivity contribution in [1.29, 1.82) is 0 Å². The molecule has 92 valence electrons. The molecule has 1 aromatic carbocycles. The summed E-state index contributed by atoms with van der Waals surface area (Å²) in [6.45, 7) is 1.90. The molecule has 0 bridgehead atoms. The lowest BCUT2D eigenvalue weighted by Crippen LogP contribution is -2.23. The van der Waals surface area contributed by atoms with Crippen LogP contribution in [0.4, 0.5) is 0 Å². The largest absolute Gasteiger partial charge is 0.323 e. The van der Waals surface area contributed by atoms with Crippen LogP contribution in [-0.2, 0) is 6.42 Å². The van der Waals surface area contributed by atoms with Crippen molar-refractivity contribution in [2.45, 2.75) is 31.7 Å². The second-order valence-electron chi connectivity index (χ2n) is 4.97. The standard InChI is InChI=1S/C15H17N3/c1-10-17-7-6-15(18-10)14(16)9-12-8-11-4-2-3-5-13(11)12/h2-7,12,14H,8-9,16H2,1H3. The Kier molecular flexibility index (Phi) is 2.84. The van der Waals surface area contributed by atoms with E-state index in [1.807, 2.05) is 13.0 Å². The van der Waals surface area contributed by atoms with E-state index >= 15 is 0 Å². The van der Waals surface area contributed by atoms with Gasteiger partial charge in [0.2, 0.25) is 0 Å². The van der Waals surface area contributed by atoms with Gasteiger partial charge in [-0.15, -0.1) is 0 Å². The average molecular weight is 239 g/mol. The summed E-state index contributed by atoms with van der Waals surface area (Å²) in [6.07, 6.45) is 3.90. The third kappa shape index (κ3) is 2.02. The molecule has 2 unspecified atom stereocenters. The van der Waals surface area contributed by atoms with Gasteiger partial charge in [-0.1, -0.05) is 24.3 Å². The second-order valence-corrected chi connectivity index (χ2v) is 4.97. The molecule has 0 aliphatic heterocycles. The Morgan fingerprint density at radius 2 is 2.17 bits per heavy atom. The zero-order chi connectivity index (χ0) is 12.5. The highest BCUT2D eigenvalue weighted by molar-refractivity contribution is 5.40. The predicted molar refractivity (Wildman–Crippen MR) is 71.2 cm³/mol. The molecule has 2 aromatic rings. The Balaban J connectivity index is 1.72. The fourth-order valence-corrected chi connectivity index (χ4v) is 2.68. The monoisotopic (exact) mass is 239 g/mol. The normalized spacial score (nSPS) is 18.9. The first kappa shape index (κ1) is 11.4. The smallest absolute Gasteiger partial charge is 0.125 e. The first-order chi connectivity index (χ1) is 8.74. The lowest BCUT2D eigenvalue weighted by atomic mass is 9.74. The second kappa shape index (κ2) is 4.50. The average Bonchev–Trinajstić information content (AvgIpc) is 2.36. The number of aromatic nitrogens is 2. The number of hydrogen-bond donors (Lipinski definition) is 1. The van der Waals surface area contributed by atoms with Gasteiger partial charge in [-0.05, 0) is 42.9 Å². The van der Waals surface area contributed by atoms with Crippen molar-refractivity contribution in [3.8, 4) is 0 Å². The van der Waals surface area contributed by atoms with E-state index in [4.69, 9.17) is 5.73 Å². The first-order valence-corrected chi connectivity index (χ1v) is 6.37. The van der Waals surface area contributed by atoms with E-state index in [9.17, 15) is 0 Å². The molecule has 1 heterocycles. The van der Waals surface area contributed by atoms with E-state index in [-0.39, 0.29) is 6.04 Å². The van der Waals surface area contributed by atoms with Crippen LogP contribution in [-0.4, -0.2) is 9.97 Å². The molecule has 0 amide bonds. The number of hydrogen-bond acceptors (Lipinski definition) is 3. The van der Waals surface area contributed by atoms with Gasteiger partial charge in [0.25, 0.3) is 0 Å². The molecule has 3 nitrogen and oxygen atoms in total. The van der Waals surface area contributed by atoms with Crippen molar-refractivity contribution in [3.05, 3.63) is 59.2 Å². The van der Waals surface area contributed by atoms with Gasteiger partial charge in [-0.2, -0.15) is 0 Å². The molecule has 3 heteroatoms. The summed E-state index contributed by atoms with van der Waals surface area (Å²) in [6, 6.07) is 10.5. The number of fused-ring (bicyclic) bond motifs is 1. The third-order valence-electron chi connectivity index (χ3n) is 3.68. The molecule has 0 spiro atoms. The minimum absolute atomic E-state index is 0.00468. The van der Waals surface area contributed by atoms with Gasteiger partial charge < -0.3 is 5.73 Å². The van der Waals surface area contributed by atoms with Crippen LogP contribution in [0.1, 0.15) is 41.0 Å². The van der Waals surface area contributed by atoms with E-state index in [2.05, 4.69) is 34.2 Å². The molecule has 1 aliphatic rings. The summed E-state index contributed by atoms with van der Waals surface area (Å²) >= 11 is 0. The Labute approximate surface area is 107 Å². The summed E-state index contributed by atoms with van der Waals surface area (Å²) in [5, 5.41) is 0. The van der Waals surface area contributed by atoms with Crippen LogP contribution in [0.2, 0.25) is 0 Å². The van der Waals surface area contributed by atoms with Crippen molar-refractivity contribution < 1.29 is 0 Å². The molecule has 1 aromatic heterocycles. The summed E-state index contributed by atoms with van der Waals surface area (Å²) in [7, 11) is 0. The molecule has 2 N–H and O–H groups in total. The highest BCUT2D eigenvalue weighted by Gasteiger charge is 2.27. The van der Waals surface area contributed by atoms with Crippen LogP contribution in [0.25, 0.3) is 0 Å². The van der Waals surface area contributed by atoms with Gasteiger partial charge in [-0.3, -0.25) is 0 Å². The topological polar surface area (TPSA) is 51.8 Å². The van der Waals surface area contributed by atoms with E-state index in [1.54, 1.807) is 6.20 Å². The lowest BCUT2D eigenvalue weighted by molar-refractivity contribution is 0.491. The Morgan fingerprint density at radius 1 is 1.33 bits per heavy atom. The fraction of sp³-hybridized carbons (Fsp3) is 0.333. The maximum absolute atomic E-state index is 6.24. The van der Waals surface area contributed by atoms with Crippen molar-refractivity contribution in [2.24, 2.45) is 5.73 Å². The lowest BCUT2D eigenvalue weighted by Gasteiger charge is -2.31. The van der Waals surface area contributed by atoms with Crippen molar-refractivity contribution in [3.63, 3.8) is 0 Å². The Hall–Kier alpha value is -1.74. The number of aryl methyl sites for hydroxylation is 1. The molecule has 0 radical (unpaired) electrons. The molecule has 1 aliphatic carbocycles. The van der Waals surface area contributed by atoms with Crippen LogP contribution in [0, 0.1) is 6.92 Å². The zero-order valence-electron chi connectivity index (χ0n) is 10.5. The molecule has 18 heavy (non-hydrogen) atoms.